The zero-order valence-electron chi connectivity index (χ0n) is 12.4. The van der Waals surface area contributed by atoms with Crippen molar-refractivity contribution in [1.82, 2.24) is 0 Å². The molecule has 0 radical (unpaired) electrons. The summed E-state index contributed by atoms with van der Waals surface area (Å²) in [5.74, 6) is 0. The molecule has 0 aromatic rings. The summed E-state index contributed by atoms with van der Waals surface area (Å²) in [6, 6.07) is 0. The van der Waals surface area contributed by atoms with E-state index in [0.717, 1.165) is 12.8 Å². The Morgan fingerprint density at radius 1 is 0.833 bits per heavy atom. The maximum absolute atomic E-state index is 9.76. The molecule has 0 aliphatic heterocycles. The quantitative estimate of drug-likeness (QED) is 0.500. The first-order valence-corrected chi connectivity index (χ1v) is 7.45. The molecule has 0 bridgehead atoms. The Morgan fingerprint density at radius 2 is 1.33 bits per heavy atom. The third-order valence-electron chi connectivity index (χ3n) is 3.26. The fraction of sp³-hybridized carbons (Fsp3) is 1.00. The predicted octanol–water partition coefficient (Wildman–Crippen LogP) is 3.01. The summed E-state index contributed by atoms with van der Waals surface area (Å²) in [4.78, 5) is 0. The van der Waals surface area contributed by atoms with Crippen molar-refractivity contribution in [2.75, 3.05) is 0 Å². The molecule has 3 heteroatoms. The Labute approximate surface area is 112 Å². The Hall–Kier alpha value is -0.120. The monoisotopic (exact) mass is 260 g/mol. The molecule has 18 heavy (non-hydrogen) atoms. The van der Waals surface area contributed by atoms with Crippen molar-refractivity contribution in [1.29, 1.82) is 0 Å². The third-order valence-corrected chi connectivity index (χ3v) is 3.26. The molecular formula is C15H32O3. The number of rotatable bonds is 11. The minimum absolute atomic E-state index is 0.227. The predicted molar refractivity (Wildman–Crippen MR) is 75.5 cm³/mol. The summed E-state index contributed by atoms with van der Waals surface area (Å²) in [5.41, 5.74) is -0.916. The SMILES string of the molecule is CCCCCCCCCC(O)C(O)CC(C)(C)O. The van der Waals surface area contributed by atoms with E-state index in [1.54, 1.807) is 13.8 Å². The van der Waals surface area contributed by atoms with Gasteiger partial charge in [-0.1, -0.05) is 51.9 Å². The maximum Gasteiger partial charge on any atom is 0.0826 e. The molecule has 2 unspecified atom stereocenters. The fourth-order valence-corrected chi connectivity index (χ4v) is 2.15. The van der Waals surface area contributed by atoms with Crippen LogP contribution in [-0.2, 0) is 0 Å². The standard InChI is InChI=1S/C15H32O3/c1-4-5-6-7-8-9-10-11-13(16)14(17)12-15(2,3)18/h13-14,16-18H,4-12H2,1-3H3. The van der Waals surface area contributed by atoms with Crippen LogP contribution in [0.3, 0.4) is 0 Å². The van der Waals surface area contributed by atoms with Crippen LogP contribution in [0.4, 0.5) is 0 Å². The van der Waals surface area contributed by atoms with Crippen LogP contribution in [-0.4, -0.2) is 33.1 Å². The molecule has 0 heterocycles. The van der Waals surface area contributed by atoms with E-state index in [9.17, 15) is 15.3 Å². The smallest absolute Gasteiger partial charge is 0.0826 e. The highest BCUT2D eigenvalue weighted by Crippen LogP contribution is 2.17. The van der Waals surface area contributed by atoms with Crippen LogP contribution in [0.2, 0.25) is 0 Å². The molecule has 0 aliphatic carbocycles. The zero-order chi connectivity index (χ0) is 14.0. The highest BCUT2D eigenvalue weighted by atomic mass is 16.3. The van der Waals surface area contributed by atoms with Crippen molar-refractivity contribution >= 4 is 0 Å². The second-order valence-corrected chi connectivity index (χ2v) is 6.06. The molecule has 0 aliphatic rings. The Balaban J connectivity index is 3.49. The van der Waals surface area contributed by atoms with E-state index in [1.807, 2.05) is 0 Å². The molecule has 0 aromatic heterocycles. The topological polar surface area (TPSA) is 60.7 Å². The largest absolute Gasteiger partial charge is 0.390 e. The normalized spacial score (nSPS) is 15.7. The van der Waals surface area contributed by atoms with Gasteiger partial charge in [0.05, 0.1) is 17.8 Å². The zero-order valence-corrected chi connectivity index (χ0v) is 12.4. The lowest BCUT2D eigenvalue weighted by atomic mass is 9.95. The summed E-state index contributed by atoms with van der Waals surface area (Å²) < 4.78 is 0. The minimum atomic E-state index is -0.916. The van der Waals surface area contributed by atoms with Gasteiger partial charge < -0.3 is 15.3 Å². The number of hydrogen-bond donors (Lipinski definition) is 3. The van der Waals surface area contributed by atoms with Crippen LogP contribution in [0.5, 0.6) is 0 Å². The second-order valence-electron chi connectivity index (χ2n) is 6.06. The van der Waals surface area contributed by atoms with Crippen molar-refractivity contribution in [3.63, 3.8) is 0 Å². The molecule has 3 nitrogen and oxygen atoms in total. The fourth-order valence-electron chi connectivity index (χ4n) is 2.15. The van der Waals surface area contributed by atoms with Gasteiger partial charge in [-0.2, -0.15) is 0 Å². The van der Waals surface area contributed by atoms with E-state index < -0.39 is 17.8 Å². The van der Waals surface area contributed by atoms with Crippen molar-refractivity contribution in [2.45, 2.75) is 96.4 Å². The van der Waals surface area contributed by atoms with Crippen LogP contribution in [0, 0.1) is 0 Å². The summed E-state index contributed by atoms with van der Waals surface area (Å²) in [7, 11) is 0. The average molecular weight is 260 g/mol. The Kier molecular flexibility index (Phi) is 9.70. The van der Waals surface area contributed by atoms with Crippen molar-refractivity contribution in [3.05, 3.63) is 0 Å². The van der Waals surface area contributed by atoms with Gasteiger partial charge in [-0.05, 0) is 20.3 Å². The van der Waals surface area contributed by atoms with Crippen molar-refractivity contribution in [3.8, 4) is 0 Å². The molecule has 0 saturated carbocycles. The third kappa shape index (κ3) is 11.0. The van der Waals surface area contributed by atoms with Gasteiger partial charge in [0.15, 0.2) is 0 Å². The maximum atomic E-state index is 9.76. The van der Waals surface area contributed by atoms with Crippen LogP contribution in [0.15, 0.2) is 0 Å². The number of aliphatic hydroxyl groups excluding tert-OH is 2. The van der Waals surface area contributed by atoms with Gasteiger partial charge >= 0.3 is 0 Å². The number of hydrogen-bond acceptors (Lipinski definition) is 3. The number of unbranched alkanes of at least 4 members (excludes halogenated alkanes) is 6. The highest BCUT2D eigenvalue weighted by molar-refractivity contribution is 4.76. The lowest BCUT2D eigenvalue weighted by Crippen LogP contribution is -2.34. The summed E-state index contributed by atoms with van der Waals surface area (Å²) >= 11 is 0. The summed E-state index contributed by atoms with van der Waals surface area (Å²) in [6.07, 6.45) is 7.79. The van der Waals surface area contributed by atoms with Gasteiger partial charge in [-0.25, -0.2) is 0 Å². The van der Waals surface area contributed by atoms with Gasteiger partial charge in [0.25, 0.3) is 0 Å². The molecule has 3 N–H and O–H groups in total. The van der Waals surface area contributed by atoms with E-state index in [1.165, 1.54) is 32.1 Å². The molecule has 0 saturated heterocycles. The molecular weight excluding hydrogens is 228 g/mol. The summed E-state index contributed by atoms with van der Waals surface area (Å²) in [6.45, 7) is 5.51. The van der Waals surface area contributed by atoms with Crippen molar-refractivity contribution in [2.24, 2.45) is 0 Å². The van der Waals surface area contributed by atoms with Crippen LogP contribution < -0.4 is 0 Å². The molecule has 2 atom stereocenters. The molecule has 110 valence electrons. The van der Waals surface area contributed by atoms with Crippen LogP contribution >= 0.6 is 0 Å². The first kappa shape index (κ1) is 17.9. The first-order valence-electron chi connectivity index (χ1n) is 7.45. The average Bonchev–Trinajstić information content (AvgIpc) is 2.25. The van der Waals surface area contributed by atoms with Crippen LogP contribution in [0.25, 0.3) is 0 Å². The second kappa shape index (κ2) is 9.76. The van der Waals surface area contributed by atoms with Crippen LogP contribution in [0.1, 0.15) is 78.6 Å². The number of aliphatic hydroxyl groups is 3. The summed E-state index contributed by atoms with van der Waals surface area (Å²) in [5, 5.41) is 29.0. The molecule has 0 fully saturated rings. The molecule has 0 amide bonds. The molecule has 0 aromatic carbocycles. The van der Waals surface area contributed by atoms with Crippen molar-refractivity contribution < 1.29 is 15.3 Å². The molecule has 0 rings (SSSR count). The highest BCUT2D eigenvalue weighted by Gasteiger charge is 2.23. The lowest BCUT2D eigenvalue weighted by molar-refractivity contribution is -0.0423. The van der Waals surface area contributed by atoms with E-state index in [2.05, 4.69) is 6.92 Å². The first-order chi connectivity index (χ1) is 8.37. The molecule has 0 spiro atoms. The lowest BCUT2D eigenvalue weighted by Gasteiger charge is -2.24. The van der Waals surface area contributed by atoms with E-state index in [0.29, 0.717) is 6.42 Å². The van der Waals surface area contributed by atoms with Gasteiger partial charge in [0, 0.05) is 6.42 Å². The van der Waals surface area contributed by atoms with E-state index in [-0.39, 0.29) is 6.42 Å². The van der Waals surface area contributed by atoms with E-state index >= 15 is 0 Å². The Morgan fingerprint density at radius 3 is 1.83 bits per heavy atom. The van der Waals surface area contributed by atoms with Gasteiger partial charge in [0.1, 0.15) is 0 Å². The Bertz CT molecular complexity index is 187. The van der Waals surface area contributed by atoms with E-state index in [4.69, 9.17) is 0 Å². The minimum Gasteiger partial charge on any atom is -0.390 e. The van der Waals surface area contributed by atoms with Gasteiger partial charge in [-0.15, -0.1) is 0 Å². The van der Waals surface area contributed by atoms with Gasteiger partial charge in [-0.3, -0.25) is 0 Å². The van der Waals surface area contributed by atoms with Gasteiger partial charge in [0.2, 0.25) is 0 Å².